The van der Waals surface area contributed by atoms with Crippen molar-refractivity contribution < 1.29 is 1.37 Å². The van der Waals surface area contributed by atoms with E-state index in [1.807, 2.05) is 7.05 Å². The van der Waals surface area contributed by atoms with E-state index in [0.717, 1.165) is 13.0 Å². The Balaban J connectivity index is 2.34. The number of nitrogens with one attached hydrogen (secondary N) is 1. The molecule has 1 N–H and O–H groups in total. The van der Waals surface area contributed by atoms with Crippen LogP contribution in [0.15, 0.2) is 0 Å². The summed E-state index contributed by atoms with van der Waals surface area (Å²) in [6.45, 7) is 1.52. The zero-order valence-electron chi connectivity index (χ0n) is 4.62. The summed E-state index contributed by atoms with van der Waals surface area (Å²) in [5.41, 5.74) is 0. The van der Waals surface area contributed by atoms with Crippen LogP contribution in [-0.2, 0) is 0 Å². The van der Waals surface area contributed by atoms with Crippen molar-refractivity contribution in [2.45, 2.75) is 13.3 Å². The third kappa shape index (κ3) is 3.96. The Morgan fingerprint density at radius 1 is 2.00 bits per heavy atom. The molecular weight excluding hydrogens is 62.1 g/mol. The second-order valence-electron chi connectivity index (χ2n) is 0.957. The minimum absolute atomic E-state index is 0.542. The van der Waals surface area contributed by atoms with Gasteiger partial charge in [-0.2, -0.15) is 0 Å². The summed E-state index contributed by atoms with van der Waals surface area (Å²) in [5.74, 6) is 0. The lowest BCUT2D eigenvalue weighted by atomic mass is 10.5. The highest BCUT2D eigenvalue weighted by molar-refractivity contribution is 4.28. The summed E-state index contributed by atoms with van der Waals surface area (Å²) < 4.78 is 6.67. The predicted octanol–water partition coefficient (Wildman–Crippen LogP) is 0.616. The van der Waals surface area contributed by atoms with E-state index < -0.39 is 0 Å². The molecule has 0 aromatic heterocycles. The van der Waals surface area contributed by atoms with E-state index in [-0.39, 0.29) is 0 Å². The van der Waals surface area contributed by atoms with Crippen LogP contribution < -0.4 is 5.32 Å². The molecule has 0 atom stereocenters. The molecule has 0 aromatic rings. The summed E-state index contributed by atoms with van der Waals surface area (Å²) in [5, 5.41) is 2.95. The molecule has 32 valence electrons. The summed E-state index contributed by atoms with van der Waals surface area (Å²) in [6.07, 6.45) is 0.969. The fraction of sp³-hybridized carbons (Fsp3) is 1.00. The first kappa shape index (κ1) is 3.16. The maximum absolute atomic E-state index is 6.67. The van der Waals surface area contributed by atoms with Gasteiger partial charge in [0.2, 0.25) is 0 Å². The molecule has 0 saturated heterocycles. The van der Waals surface area contributed by atoms with Gasteiger partial charge >= 0.3 is 0 Å². The zero-order chi connectivity index (χ0) is 4.83. The Labute approximate surface area is 34.8 Å². The van der Waals surface area contributed by atoms with E-state index in [0.29, 0.717) is 6.90 Å². The number of hydrogen-bond acceptors (Lipinski definition) is 1. The van der Waals surface area contributed by atoms with Crippen LogP contribution in [0.3, 0.4) is 0 Å². The van der Waals surface area contributed by atoms with Gasteiger partial charge in [-0.05, 0) is 20.0 Å². The highest BCUT2D eigenvalue weighted by Crippen LogP contribution is 1.62. The Hall–Kier alpha value is -0.0400. The van der Waals surface area contributed by atoms with Crippen LogP contribution in [0.4, 0.5) is 0 Å². The first-order chi connectivity index (χ1) is 2.91. The van der Waals surface area contributed by atoms with E-state index in [1.165, 1.54) is 0 Å². The van der Waals surface area contributed by atoms with E-state index in [4.69, 9.17) is 1.37 Å². The van der Waals surface area contributed by atoms with Crippen molar-refractivity contribution in [3.63, 3.8) is 0 Å². The van der Waals surface area contributed by atoms with Crippen LogP contribution in [0.1, 0.15) is 14.7 Å². The second-order valence-corrected chi connectivity index (χ2v) is 0.957. The third-order valence-electron chi connectivity index (χ3n) is 0.427. The Morgan fingerprint density at radius 3 is 3.00 bits per heavy atom. The summed E-state index contributed by atoms with van der Waals surface area (Å²) >= 11 is 0. The van der Waals surface area contributed by atoms with Crippen molar-refractivity contribution in [1.82, 2.24) is 5.32 Å². The fourth-order valence-electron chi connectivity index (χ4n) is 0.177. The lowest BCUT2D eigenvalue weighted by Gasteiger charge is -1.84. The maximum Gasteiger partial charge on any atom is 0.0231 e. The minimum Gasteiger partial charge on any atom is -0.320 e. The Morgan fingerprint density at radius 2 is 2.80 bits per heavy atom. The molecule has 0 aliphatic rings. The SMILES string of the molecule is [2H]CCCNC. The van der Waals surface area contributed by atoms with Crippen molar-refractivity contribution in [3.05, 3.63) is 0 Å². The normalized spacial score (nSPS) is 11.0. The molecule has 0 aliphatic heterocycles. The number of rotatable bonds is 2. The largest absolute Gasteiger partial charge is 0.320 e. The molecule has 0 amide bonds. The molecule has 0 heterocycles. The molecule has 0 bridgehead atoms. The molecule has 1 heteroatoms. The van der Waals surface area contributed by atoms with Gasteiger partial charge in [0.25, 0.3) is 0 Å². The topological polar surface area (TPSA) is 12.0 Å². The Bertz CT molecular complexity index is 19.5. The molecular formula is C4H11N. The highest BCUT2D eigenvalue weighted by atomic mass is 14.8. The number of hydrogen-bond donors (Lipinski definition) is 1. The minimum atomic E-state index is 0.542. The third-order valence-corrected chi connectivity index (χ3v) is 0.427. The van der Waals surface area contributed by atoms with Crippen molar-refractivity contribution in [1.29, 1.82) is 0 Å². The van der Waals surface area contributed by atoms with Crippen LogP contribution in [0.5, 0.6) is 0 Å². The first-order valence-corrected chi connectivity index (χ1v) is 1.85. The van der Waals surface area contributed by atoms with E-state index in [1.54, 1.807) is 0 Å². The Kier molecular flexibility index (Phi) is 2.50. The molecule has 0 saturated carbocycles. The van der Waals surface area contributed by atoms with Crippen LogP contribution in [0, 0.1) is 0 Å². The van der Waals surface area contributed by atoms with Crippen LogP contribution >= 0.6 is 0 Å². The molecule has 0 radical (unpaired) electrons. The molecule has 0 rings (SSSR count). The van der Waals surface area contributed by atoms with Crippen LogP contribution in [0.25, 0.3) is 0 Å². The fourth-order valence-corrected chi connectivity index (χ4v) is 0.177. The summed E-state index contributed by atoms with van der Waals surface area (Å²) in [4.78, 5) is 0. The van der Waals surface area contributed by atoms with Crippen molar-refractivity contribution >= 4 is 0 Å². The molecule has 0 unspecified atom stereocenters. The average Bonchev–Trinajstić information content (AvgIpc) is 1.61. The van der Waals surface area contributed by atoms with Gasteiger partial charge in [0.1, 0.15) is 0 Å². The molecule has 0 fully saturated rings. The van der Waals surface area contributed by atoms with Crippen LogP contribution in [0.2, 0.25) is 0 Å². The summed E-state index contributed by atoms with van der Waals surface area (Å²) in [7, 11) is 1.90. The van der Waals surface area contributed by atoms with Crippen molar-refractivity contribution in [2.75, 3.05) is 13.6 Å². The summed E-state index contributed by atoms with van der Waals surface area (Å²) in [6, 6.07) is 0. The van der Waals surface area contributed by atoms with E-state index >= 15 is 0 Å². The monoisotopic (exact) mass is 74.1 g/mol. The molecule has 5 heavy (non-hydrogen) atoms. The van der Waals surface area contributed by atoms with Gasteiger partial charge in [0.05, 0.1) is 0 Å². The smallest absolute Gasteiger partial charge is 0.0231 e. The van der Waals surface area contributed by atoms with Gasteiger partial charge in [-0.1, -0.05) is 6.90 Å². The van der Waals surface area contributed by atoms with Crippen molar-refractivity contribution in [2.24, 2.45) is 0 Å². The first-order valence-electron chi connectivity index (χ1n) is 2.56. The van der Waals surface area contributed by atoms with Gasteiger partial charge in [-0.15, -0.1) is 0 Å². The molecule has 1 nitrogen and oxygen atoms in total. The van der Waals surface area contributed by atoms with Gasteiger partial charge in [-0.25, -0.2) is 0 Å². The standard InChI is InChI=1S/C4H11N/c1-3-4-5-2/h5H,3-4H2,1-2H3/i1D. The molecule has 0 aromatic carbocycles. The van der Waals surface area contributed by atoms with E-state index in [9.17, 15) is 0 Å². The highest BCUT2D eigenvalue weighted by Gasteiger charge is 1.64. The van der Waals surface area contributed by atoms with Gasteiger partial charge < -0.3 is 5.32 Å². The predicted molar refractivity (Wildman–Crippen MR) is 24.2 cm³/mol. The zero-order valence-corrected chi connectivity index (χ0v) is 3.62. The van der Waals surface area contributed by atoms with E-state index in [2.05, 4.69) is 5.32 Å². The maximum atomic E-state index is 6.67. The lowest BCUT2D eigenvalue weighted by Crippen LogP contribution is -2.04. The molecule has 0 aliphatic carbocycles. The average molecular weight is 74.1 g/mol. The quantitative estimate of drug-likeness (QED) is 0.473. The van der Waals surface area contributed by atoms with Gasteiger partial charge in [0, 0.05) is 1.37 Å². The van der Waals surface area contributed by atoms with Crippen LogP contribution in [-0.4, -0.2) is 13.6 Å². The van der Waals surface area contributed by atoms with Gasteiger partial charge in [0.15, 0.2) is 0 Å². The lowest BCUT2D eigenvalue weighted by molar-refractivity contribution is 0.772. The second kappa shape index (κ2) is 3.96. The van der Waals surface area contributed by atoms with Crippen molar-refractivity contribution in [3.8, 4) is 0 Å². The van der Waals surface area contributed by atoms with Gasteiger partial charge in [-0.3, -0.25) is 0 Å². The molecule has 0 spiro atoms.